The van der Waals surface area contributed by atoms with Crippen LogP contribution >= 0.6 is 0 Å². The first-order chi connectivity index (χ1) is 17.2. The van der Waals surface area contributed by atoms with Gasteiger partial charge in [-0.05, 0) is 42.8 Å². The lowest BCUT2D eigenvalue weighted by atomic mass is 10.1. The SMILES string of the molecule is CC(=O)c1ccc(S(=O)(=O)N2CCN(Cc3cc(N4CCN(C(C)=O)CC4)ccc3C#N)CC2)cc1. The zero-order chi connectivity index (χ0) is 25.9. The highest BCUT2D eigenvalue weighted by Gasteiger charge is 2.29. The lowest BCUT2D eigenvalue weighted by Gasteiger charge is -2.36. The van der Waals surface area contributed by atoms with Crippen LogP contribution in [-0.4, -0.2) is 86.6 Å². The maximum atomic E-state index is 13.1. The number of carbonyl (C=O) groups is 2. The van der Waals surface area contributed by atoms with Crippen molar-refractivity contribution in [1.29, 1.82) is 5.26 Å². The van der Waals surface area contributed by atoms with Crippen molar-refractivity contribution in [1.82, 2.24) is 14.1 Å². The van der Waals surface area contributed by atoms with Gasteiger partial charge in [-0.3, -0.25) is 14.5 Å². The summed E-state index contributed by atoms with van der Waals surface area (Å²) in [6, 6.07) is 14.2. The van der Waals surface area contributed by atoms with Gasteiger partial charge >= 0.3 is 0 Å². The number of nitrogens with zero attached hydrogens (tertiary/aromatic N) is 5. The van der Waals surface area contributed by atoms with Crippen LogP contribution < -0.4 is 4.90 Å². The second-order valence-corrected chi connectivity index (χ2v) is 11.1. The molecule has 10 heteroatoms. The van der Waals surface area contributed by atoms with Gasteiger partial charge in [0.1, 0.15) is 0 Å². The minimum Gasteiger partial charge on any atom is -0.368 e. The van der Waals surface area contributed by atoms with Crippen LogP contribution in [0.4, 0.5) is 5.69 Å². The monoisotopic (exact) mass is 509 g/mol. The normalized spacial score (nSPS) is 17.6. The van der Waals surface area contributed by atoms with Crippen LogP contribution in [0.15, 0.2) is 47.4 Å². The molecule has 0 radical (unpaired) electrons. The fourth-order valence-corrected chi connectivity index (χ4v) is 6.10. The van der Waals surface area contributed by atoms with E-state index < -0.39 is 10.0 Å². The van der Waals surface area contributed by atoms with E-state index in [2.05, 4.69) is 15.9 Å². The van der Waals surface area contributed by atoms with Gasteiger partial charge in [-0.15, -0.1) is 0 Å². The number of carbonyl (C=O) groups excluding carboxylic acids is 2. The topological polar surface area (TPSA) is 105 Å². The number of sulfonamides is 1. The van der Waals surface area contributed by atoms with Gasteiger partial charge in [0, 0.05) is 77.1 Å². The van der Waals surface area contributed by atoms with Gasteiger partial charge < -0.3 is 9.80 Å². The highest BCUT2D eigenvalue weighted by atomic mass is 32.2. The molecule has 2 heterocycles. The van der Waals surface area contributed by atoms with Crippen molar-refractivity contribution < 1.29 is 18.0 Å². The number of rotatable bonds is 6. The molecule has 2 saturated heterocycles. The molecule has 0 aliphatic carbocycles. The second-order valence-electron chi connectivity index (χ2n) is 9.21. The van der Waals surface area contributed by atoms with Crippen LogP contribution in [0.5, 0.6) is 0 Å². The van der Waals surface area contributed by atoms with E-state index in [0.717, 1.165) is 24.3 Å². The predicted molar refractivity (Wildman–Crippen MR) is 136 cm³/mol. The molecule has 0 bridgehead atoms. The molecule has 0 unspecified atom stereocenters. The summed E-state index contributed by atoms with van der Waals surface area (Å²) in [5, 5.41) is 9.64. The Morgan fingerprint density at radius 1 is 0.889 bits per heavy atom. The molecule has 0 spiro atoms. The fourth-order valence-electron chi connectivity index (χ4n) is 4.68. The van der Waals surface area contributed by atoms with Crippen molar-refractivity contribution in [3.63, 3.8) is 0 Å². The number of ketones is 1. The molecular formula is C26H31N5O4S. The standard InChI is InChI=1S/C26H31N5O4S/c1-20(32)22-4-7-26(8-5-22)36(34,35)31-15-9-28(10-16-31)19-24-17-25(6-3-23(24)18-27)30-13-11-29(12-14-30)21(2)33/h3-8,17H,9-16,19H2,1-2H3. The minimum atomic E-state index is -3.64. The number of nitriles is 1. The van der Waals surface area contributed by atoms with Crippen molar-refractivity contribution >= 4 is 27.4 Å². The van der Waals surface area contributed by atoms with E-state index in [9.17, 15) is 23.3 Å². The Hall–Kier alpha value is -3.26. The molecule has 36 heavy (non-hydrogen) atoms. The average molecular weight is 510 g/mol. The highest BCUT2D eigenvalue weighted by Crippen LogP contribution is 2.24. The summed E-state index contributed by atoms with van der Waals surface area (Å²) >= 11 is 0. The quantitative estimate of drug-likeness (QED) is 0.548. The lowest BCUT2D eigenvalue weighted by Crippen LogP contribution is -2.48. The average Bonchev–Trinajstić information content (AvgIpc) is 2.89. The predicted octanol–water partition coefficient (Wildman–Crippen LogP) is 1.94. The van der Waals surface area contributed by atoms with Gasteiger partial charge in [0.2, 0.25) is 15.9 Å². The Kier molecular flexibility index (Phi) is 7.73. The van der Waals surface area contributed by atoms with E-state index in [1.807, 2.05) is 23.1 Å². The third-order valence-electron chi connectivity index (χ3n) is 6.92. The summed E-state index contributed by atoms with van der Waals surface area (Å²) in [4.78, 5) is 29.5. The highest BCUT2D eigenvalue weighted by molar-refractivity contribution is 7.89. The van der Waals surface area contributed by atoms with Gasteiger partial charge in [0.15, 0.2) is 5.78 Å². The van der Waals surface area contributed by atoms with E-state index in [1.54, 1.807) is 19.1 Å². The van der Waals surface area contributed by atoms with Crippen LogP contribution in [0.3, 0.4) is 0 Å². The third kappa shape index (κ3) is 5.59. The molecule has 4 rings (SSSR count). The Morgan fingerprint density at radius 2 is 1.53 bits per heavy atom. The molecule has 0 aromatic heterocycles. The first kappa shape index (κ1) is 25.8. The van der Waals surface area contributed by atoms with Crippen molar-refractivity contribution in [2.75, 3.05) is 57.3 Å². The second kappa shape index (κ2) is 10.8. The molecule has 2 aliphatic heterocycles. The maximum absolute atomic E-state index is 13.1. The minimum absolute atomic E-state index is 0.0874. The molecule has 0 atom stereocenters. The lowest BCUT2D eigenvalue weighted by molar-refractivity contribution is -0.129. The molecule has 2 aromatic rings. The molecule has 2 aliphatic rings. The number of benzene rings is 2. The number of anilines is 1. The summed E-state index contributed by atoms with van der Waals surface area (Å²) in [5.74, 6) is -0.0175. The molecule has 0 saturated carbocycles. The zero-order valence-electron chi connectivity index (χ0n) is 20.7. The van der Waals surface area contributed by atoms with Crippen LogP contribution in [0.25, 0.3) is 0 Å². The largest absolute Gasteiger partial charge is 0.368 e. The fraction of sp³-hybridized carbons (Fsp3) is 0.423. The summed E-state index contributed by atoms with van der Waals surface area (Å²) in [6.45, 7) is 8.26. The van der Waals surface area contributed by atoms with Crippen molar-refractivity contribution in [2.24, 2.45) is 0 Å². The number of Topliss-reactive ketones (excluding diaryl/α,β-unsaturated/α-hetero) is 1. The number of hydrogen-bond acceptors (Lipinski definition) is 7. The summed E-state index contributed by atoms with van der Waals surface area (Å²) < 4.78 is 27.6. The van der Waals surface area contributed by atoms with E-state index in [-0.39, 0.29) is 16.6 Å². The number of piperazine rings is 2. The molecule has 2 aromatic carbocycles. The molecule has 1 amide bonds. The smallest absolute Gasteiger partial charge is 0.243 e. The third-order valence-corrected chi connectivity index (χ3v) is 8.84. The van der Waals surface area contributed by atoms with Crippen LogP contribution in [0.1, 0.15) is 35.3 Å². The Labute approximate surface area is 212 Å². The Balaban J connectivity index is 1.40. The van der Waals surface area contributed by atoms with Gasteiger partial charge in [-0.2, -0.15) is 9.57 Å². The van der Waals surface area contributed by atoms with Gasteiger partial charge in [0.25, 0.3) is 0 Å². The van der Waals surface area contributed by atoms with E-state index in [1.165, 1.54) is 23.4 Å². The number of amides is 1. The molecule has 0 N–H and O–H groups in total. The summed E-state index contributed by atoms with van der Waals surface area (Å²) in [6.07, 6.45) is 0. The summed E-state index contributed by atoms with van der Waals surface area (Å²) in [7, 11) is -3.64. The van der Waals surface area contributed by atoms with E-state index in [0.29, 0.717) is 56.9 Å². The van der Waals surface area contributed by atoms with Gasteiger partial charge in [0.05, 0.1) is 16.5 Å². The van der Waals surface area contributed by atoms with E-state index >= 15 is 0 Å². The number of hydrogen-bond donors (Lipinski definition) is 0. The maximum Gasteiger partial charge on any atom is 0.243 e. The zero-order valence-corrected chi connectivity index (χ0v) is 21.5. The first-order valence-corrected chi connectivity index (χ1v) is 13.5. The van der Waals surface area contributed by atoms with Crippen LogP contribution in [-0.2, 0) is 21.4 Å². The Bertz CT molecular complexity index is 1270. The molecule has 9 nitrogen and oxygen atoms in total. The van der Waals surface area contributed by atoms with Gasteiger partial charge in [-0.25, -0.2) is 8.42 Å². The molecule has 190 valence electrons. The van der Waals surface area contributed by atoms with Crippen molar-refractivity contribution in [2.45, 2.75) is 25.3 Å². The van der Waals surface area contributed by atoms with Crippen molar-refractivity contribution in [3.05, 3.63) is 59.2 Å². The molecule has 2 fully saturated rings. The first-order valence-electron chi connectivity index (χ1n) is 12.1. The van der Waals surface area contributed by atoms with Crippen LogP contribution in [0.2, 0.25) is 0 Å². The van der Waals surface area contributed by atoms with Gasteiger partial charge in [-0.1, -0.05) is 12.1 Å². The summed E-state index contributed by atoms with van der Waals surface area (Å²) in [5.41, 5.74) is 3.04. The van der Waals surface area contributed by atoms with Crippen LogP contribution in [0, 0.1) is 11.3 Å². The molecular weight excluding hydrogens is 478 g/mol. The Morgan fingerprint density at radius 3 is 2.08 bits per heavy atom. The van der Waals surface area contributed by atoms with E-state index in [4.69, 9.17) is 0 Å². The van der Waals surface area contributed by atoms with Crippen molar-refractivity contribution in [3.8, 4) is 6.07 Å².